The largest absolute Gasteiger partial charge is 0.387 e. The van der Waals surface area contributed by atoms with Crippen LogP contribution in [-0.4, -0.2) is 15.6 Å². The number of aromatic nitrogens is 1. The van der Waals surface area contributed by atoms with E-state index in [4.69, 9.17) is 4.52 Å². The van der Waals surface area contributed by atoms with Crippen LogP contribution < -0.4 is 0 Å². The lowest BCUT2D eigenvalue weighted by Gasteiger charge is -2.01. The summed E-state index contributed by atoms with van der Waals surface area (Å²) in [5.41, 5.74) is 0.747. The lowest BCUT2D eigenvalue weighted by Crippen LogP contribution is -1.97. The zero-order valence-electron chi connectivity index (χ0n) is 5.54. The fraction of sp³-hybridized carbons (Fsp3) is 0.500. The minimum atomic E-state index is -0.508. The molecule has 0 bridgehead atoms. The molecule has 0 saturated carbocycles. The molecule has 1 N–H and O–H groups in total. The van der Waals surface area contributed by atoms with Crippen molar-refractivity contribution in [1.29, 1.82) is 0 Å². The molecule has 1 heterocycles. The number of rotatable bonds is 2. The number of aryl methyl sites for hydroxylation is 1. The highest BCUT2D eigenvalue weighted by Crippen LogP contribution is 2.17. The van der Waals surface area contributed by atoms with E-state index in [9.17, 15) is 5.11 Å². The molecule has 0 radical (unpaired) electrons. The Morgan fingerprint density at radius 1 is 1.90 bits per heavy atom. The Labute approximate surface area is 67.2 Å². The van der Waals surface area contributed by atoms with E-state index in [1.165, 1.54) is 6.20 Å². The van der Waals surface area contributed by atoms with Crippen LogP contribution in [0.1, 0.15) is 17.4 Å². The van der Waals surface area contributed by atoms with Crippen LogP contribution in [-0.2, 0) is 0 Å². The van der Waals surface area contributed by atoms with Crippen LogP contribution in [0.25, 0.3) is 0 Å². The Morgan fingerprint density at radius 3 is 3.00 bits per heavy atom. The molecule has 0 amide bonds. The summed E-state index contributed by atoms with van der Waals surface area (Å²) >= 11 is 3.15. The molecule has 56 valence electrons. The van der Waals surface area contributed by atoms with Gasteiger partial charge in [0.15, 0.2) is 0 Å². The Kier molecular flexibility index (Phi) is 2.45. The van der Waals surface area contributed by atoms with Gasteiger partial charge in [-0.15, -0.1) is 0 Å². The first-order chi connectivity index (χ1) is 4.75. The third-order valence-electron chi connectivity index (χ3n) is 1.29. The first-order valence-electron chi connectivity index (χ1n) is 2.91. The molecule has 3 nitrogen and oxygen atoms in total. The quantitative estimate of drug-likeness (QED) is 0.744. The number of nitrogens with zero attached hydrogens (tertiary/aromatic N) is 1. The van der Waals surface area contributed by atoms with Gasteiger partial charge >= 0.3 is 0 Å². The maximum atomic E-state index is 9.25. The summed E-state index contributed by atoms with van der Waals surface area (Å²) < 4.78 is 4.76. The molecular weight excluding hydrogens is 198 g/mol. The molecule has 0 aromatic carbocycles. The van der Waals surface area contributed by atoms with Gasteiger partial charge < -0.3 is 9.63 Å². The fourth-order valence-electron chi connectivity index (χ4n) is 0.710. The van der Waals surface area contributed by atoms with Crippen LogP contribution in [0.15, 0.2) is 10.7 Å². The molecule has 0 spiro atoms. The summed E-state index contributed by atoms with van der Waals surface area (Å²) in [4.78, 5) is 0. The summed E-state index contributed by atoms with van der Waals surface area (Å²) in [6, 6.07) is 0. The minimum Gasteiger partial charge on any atom is -0.387 e. The molecule has 1 aromatic heterocycles. The molecule has 1 aromatic rings. The van der Waals surface area contributed by atoms with E-state index in [2.05, 4.69) is 21.1 Å². The summed E-state index contributed by atoms with van der Waals surface area (Å²) in [7, 11) is 0. The zero-order valence-corrected chi connectivity index (χ0v) is 7.13. The van der Waals surface area contributed by atoms with Crippen LogP contribution >= 0.6 is 15.9 Å². The average molecular weight is 206 g/mol. The van der Waals surface area contributed by atoms with E-state index in [0.29, 0.717) is 11.1 Å². The molecular formula is C6H8BrNO2. The van der Waals surface area contributed by atoms with Crippen LogP contribution in [0.2, 0.25) is 0 Å². The first kappa shape index (κ1) is 7.75. The third kappa shape index (κ3) is 1.38. The monoisotopic (exact) mass is 205 g/mol. The van der Waals surface area contributed by atoms with Crippen molar-refractivity contribution < 1.29 is 9.63 Å². The molecule has 10 heavy (non-hydrogen) atoms. The van der Waals surface area contributed by atoms with E-state index in [1.807, 2.05) is 0 Å². The van der Waals surface area contributed by atoms with Crippen molar-refractivity contribution in [3.63, 3.8) is 0 Å². The average Bonchev–Trinajstić information content (AvgIpc) is 2.34. The highest BCUT2D eigenvalue weighted by molar-refractivity contribution is 9.09. The molecule has 0 saturated heterocycles. The topological polar surface area (TPSA) is 46.3 Å². The Balaban J connectivity index is 2.82. The molecule has 0 aliphatic carbocycles. The molecule has 0 fully saturated rings. The van der Waals surface area contributed by atoms with Crippen molar-refractivity contribution in [3.8, 4) is 0 Å². The summed E-state index contributed by atoms with van der Waals surface area (Å²) in [5.74, 6) is 0.673. The summed E-state index contributed by atoms with van der Waals surface area (Å²) in [6.45, 7) is 1.77. The predicted octanol–water partition coefficient (Wildman–Crippen LogP) is 1.41. The maximum Gasteiger partial charge on any atom is 0.139 e. The number of aliphatic hydroxyl groups is 1. The Morgan fingerprint density at radius 2 is 2.60 bits per heavy atom. The summed E-state index contributed by atoms with van der Waals surface area (Å²) in [6.07, 6.45) is 1.02. The zero-order chi connectivity index (χ0) is 7.56. The minimum absolute atomic E-state index is 0.508. The van der Waals surface area contributed by atoms with Crippen molar-refractivity contribution >= 4 is 15.9 Å². The molecule has 4 heteroatoms. The van der Waals surface area contributed by atoms with Gasteiger partial charge in [0.1, 0.15) is 5.76 Å². The molecule has 0 aliphatic heterocycles. The van der Waals surface area contributed by atoms with Crippen LogP contribution in [0, 0.1) is 6.92 Å². The standard InChI is InChI=1S/C6H8BrNO2/c1-4-5(3-8-10-4)6(9)2-7/h3,6,9H,2H2,1H3. The van der Waals surface area contributed by atoms with Crippen LogP contribution in [0.4, 0.5) is 0 Å². The van der Waals surface area contributed by atoms with Crippen LogP contribution in [0.5, 0.6) is 0 Å². The van der Waals surface area contributed by atoms with Gasteiger partial charge in [0.05, 0.1) is 12.3 Å². The molecule has 1 atom stereocenters. The lowest BCUT2D eigenvalue weighted by molar-refractivity contribution is 0.203. The van der Waals surface area contributed by atoms with E-state index in [0.717, 1.165) is 5.56 Å². The predicted molar refractivity (Wildman–Crippen MR) is 40.0 cm³/mol. The van der Waals surface area contributed by atoms with Gasteiger partial charge in [-0.1, -0.05) is 21.1 Å². The van der Waals surface area contributed by atoms with Gasteiger partial charge in [0.25, 0.3) is 0 Å². The second-order valence-electron chi connectivity index (χ2n) is 2.01. The smallest absolute Gasteiger partial charge is 0.139 e. The second-order valence-corrected chi connectivity index (χ2v) is 2.65. The van der Waals surface area contributed by atoms with Crippen molar-refractivity contribution in [1.82, 2.24) is 5.16 Å². The number of hydrogen-bond acceptors (Lipinski definition) is 3. The maximum absolute atomic E-state index is 9.25. The number of halogens is 1. The summed E-state index contributed by atoms with van der Waals surface area (Å²) in [5, 5.41) is 13.3. The van der Waals surface area contributed by atoms with Crippen molar-refractivity contribution in [3.05, 3.63) is 17.5 Å². The SMILES string of the molecule is Cc1oncc1C(O)CBr. The van der Waals surface area contributed by atoms with Gasteiger partial charge in [-0.2, -0.15) is 0 Å². The van der Waals surface area contributed by atoms with Crippen molar-refractivity contribution in [2.45, 2.75) is 13.0 Å². The van der Waals surface area contributed by atoms with Crippen molar-refractivity contribution in [2.24, 2.45) is 0 Å². The van der Waals surface area contributed by atoms with Gasteiger partial charge in [-0.05, 0) is 6.92 Å². The Hall–Kier alpha value is -0.350. The molecule has 0 aliphatic rings. The van der Waals surface area contributed by atoms with E-state index < -0.39 is 6.10 Å². The van der Waals surface area contributed by atoms with E-state index >= 15 is 0 Å². The van der Waals surface area contributed by atoms with Gasteiger partial charge in [0, 0.05) is 10.9 Å². The fourth-order valence-corrected chi connectivity index (χ4v) is 1.06. The van der Waals surface area contributed by atoms with E-state index in [-0.39, 0.29) is 0 Å². The van der Waals surface area contributed by atoms with Gasteiger partial charge in [0.2, 0.25) is 0 Å². The van der Waals surface area contributed by atoms with Gasteiger partial charge in [-0.3, -0.25) is 0 Å². The lowest BCUT2D eigenvalue weighted by atomic mass is 10.2. The Bertz CT molecular complexity index is 211. The van der Waals surface area contributed by atoms with Gasteiger partial charge in [-0.25, -0.2) is 0 Å². The highest BCUT2D eigenvalue weighted by atomic mass is 79.9. The molecule has 1 rings (SSSR count). The first-order valence-corrected chi connectivity index (χ1v) is 4.03. The number of hydrogen-bond donors (Lipinski definition) is 1. The molecule has 1 unspecified atom stereocenters. The highest BCUT2D eigenvalue weighted by Gasteiger charge is 2.11. The normalized spacial score (nSPS) is 13.5. The van der Waals surface area contributed by atoms with E-state index in [1.54, 1.807) is 6.92 Å². The second kappa shape index (κ2) is 3.16. The third-order valence-corrected chi connectivity index (χ3v) is 1.91. The number of alkyl halides is 1. The number of aliphatic hydroxyl groups excluding tert-OH is 1. The van der Waals surface area contributed by atoms with Crippen molar-refractivity contribution in [2.75, 3.05) is 5.33 Å². The van der Waals surface area contributed by atoms with Crippen LogP contribution in [0.3, 0.4) is 0 Å².